The van der Waals surface area contributed by atoms with Gasteiger partial charge < -0.3 is 19.4 Å². The lowest BCUT2D eigenvalue weighted by atomic mass is 10.1. The molecule has 4 aromatic rings. The molecule has 0 saturated heterocycles. The smallest absolute Gasteiger partial charge is 0.321 e. The van der Waals surface area contributed by atoms with E-state index in [0.717, 1.165) is 46.0 Å². The van der Waals surface area contributed by atoms with Gasteiger partial charge >= 0.3 is 6.01 Å². The summed E-state index contributed by atoms with van der Waals surface area (Å²) in [5, 5.41) is 15.2. The number of hydrogen-bond acceptors (Lipinski definition) is 7. The summed E-state index contributed by atoms with van der Waals surface area (Å²) in [6, 6.07) is 16.9. The number of nitrogens with zero attached hydrogens (tertiary/aromatic N) is 4. The van der Waals surface area contributed by atoms with E-state index in [4.69, 9.17) is 4.74 Å². The number of carbonyl (C=O) groups is 1. The van der Waals surface area contributed by atoms with E-state index in [1.165, 1.54) is 12.8 Å². The second-order valence-electron chi connectivity index (χ2n) is 9.58. The van der Waals surface area contributed by atoms with Crippen LogP contribution in [0.2, 0.25) is 0 Å². The minimum atomic E-state index is 0.160. The third-order valence-electron chi connectivity index (χ3n) is 6.90. The van der Waals surface area contributed by atoms with E-state index in [1.54, 1.807) is 18.5 Å². The topological polar surface area (TPSA) is 102 Å². The molecule has 0 bridgehead atoms. The van der Waals surface area contributed by atoms with E-state index >= 15 is 0 Å². The lowest BCUT2D eigenvalue weighted by Gasteiger charge is -2.13. The Morgan fingerprint density at radius 3 is 2.53 bits per heavy atom. The number of nitriles is 1. The highest BCUT2D eigenvalue weighted by Crippen LogP contribution is 2.45. The van der Waals surface area contributed by atoms with E-state index in [1.807, 2.05) is 32.2 Å². The van der Waals surface area contributed by atoms with Gasteiger partial charge in [-0.1, -0.05) is 6.07 Å². The number of aromatic nitrogens is 3. The van der Waals surface area contributed by atoms with Crippen LogP contribution in [0.25, 0.3) is 22.2 Å². The van der Waals surface area contributed by atoms with Gasteiger partial charge in [-0.05, 0) is 74.2 Å². The van der Waals surface area contributed by atoms with E-state index in [9.17, 15) is 10.1 Å². The lowest BCUT2D eigenvalue weighted by Crippen LogP contribution is -2.08. The zero-order valence-electron chi connectivity index (χ0n) is 21.4. The van der Waals surface area contributed by atoms with Gasteiger partial charge in [-0.25, -0.2) is 9.97 Å². The molecule has 2 atom stereocenters. The molecule has 38 heavy (non-hydrogen) atoms. The highest BCUT2D eigenvalue weighted by Gasteiger charge is 2.31. The Labute approximate surface area is 224 Å². The van der Waals surface area contributed by atoms with Crippen molar-refractivity contribution in [1.82, 2.24) is 14.5 Å². The first-order chi connectivity index (χ1) is 18.5. The van der Waals surface area contributed by atoms with Gasteiger partial charge in [0.05, 0.1) is 16.8 Å². The molecule has 194 valence electrons. The summed E-state index contributed by atoms with van der Waals surface area (Å²) in [4.78, 5) is 18.0. The SMILES string of the molecule is CNc1ccc(-c2c(C#N)c3ccc(Oc4ncccn4)cc3n2C2CC2)cc1P.C[C@@H](OC=O)C1CC1. The maximum Gasteiger partial charge on any atom is 0.321 e. The Morgan fingerprint density at radius 1 is 1.16 bits per heavy atom. The summed E-state index contributed by atoms with van der Waals surface area (Å²) in [7, 11) is 4.68. The fourth-order valence-electron chi connectivity index (χ4n) is 4.61. The molecule has 2 heterocycles. The number of hydrogen-bond donors (Lipinski definition) is 1. The number of fused-ring (bicyclic) bond motifs is 1. The number of anilines is 1. The summed E-state index contributed by atoms with van der Waals surface area (Å²) in [5.74, 6) is 1.32. The molecule has 0 aliphatic heterocycles. The van der Waals surface area contributed by atoms with Crippen molar-refractivity contribution >= 4 is 37.6 Å². The molecule has 8 nitrogen and oxygen atoms in total. The minimum absolute atomic E-state index is 0.160. The number of rotatable bonds is 8. The predicted molar refractivity (Wildman–Crippen MR) is 151 cm³/mol. The van der Waals surface area contributed by atoms with Crippen LogP contribution in [0.4, 0.5) is 5.69 Å². The van der Waals surface area contributed by atoms with Crippen molar-refractivity contribution < 1.29 is 14.3 Å². The molecular formula is C29H30N5O3P. The highest BCUT2D eigenvalue weighted by atomic mass is 31.0. The number of carbonyl (C=O) groups excluding carboxylic acids is 1. The van der Waals surface area contributed by atoms with Crippen LogP contribution in [0.1, 0.15) is 44.2 Å². The second kappa shape index (κ2) is 11.2. The summed E-state index contributed by atoms with van der Waals surface area (Å²) >= 11 is 0. The summed E-state index contributed by atoms with van der Waals surface area (Å²) < 4.78 is 12.8. The molecule has 2 aromatic carbocycles. The van der Waals surface area contributed by atoms with Gasteiger partial charge in [-0.15, -0.1) is 9.24 Å². The first-order valence-corrected chi connectivity index (χ1v) is 13.3. The third kappa shape index (κ3) is 5.49. The standard InChI is InChI=1S/C23H20N5OP.C6H10O2/c1-25-19-8-3-14(11-21(19)30)22-18(13-24)17-7-6-16(29-23-26-9-2-10-27-23)12-20(17)28(22)15-4-5-15;1-5(8-4-7)6-2-3-6/h2-3,6-12,15,25H,4-5,30H2,1H3;4-6H,2-3H2,1H3/t;5-/m.1/s1. The molecule has 0 radical (unpaired) electrons. The van der Waals surface area contributed by atoms with Gasteiger partial charge in [-0.3, -0.25) is 4.79 Å². The zero-order chi connectivity index (χ0) is 26.6. The number of ether oxygens (including phenoxy) is 2. The highest BCUT2D eigenvalue weighted by molar-refractivity contribution is 7.28. The summed E-state index contributed by atoms with van der Waals surface area (Å²) in [5.41, 5.74) is 4.75. The van der Waals surface area contributed by atoms with Crippen molar-refractivity contribution in [1.29, 1.82) is 5.26 Å². The lowest BCUT2D eigenvalue weighted by molar-refractivity contribution is -0.133. The van der Waals surface area contributed by atoms with Crippen molar-refractivity contribution in [3.63, 3.8) is 0 Å². The Kier molecular flexibility index (Phi) is 7.57. The Balaban J connectivity index is 0.000000316. The summed E-state index contributed by atoms with van der Waals surface area (Å²) in [6.07, 6.45) is 8.13. The third-order valence-corrected chi connectivity index (χ3v) is 7.38. The zero-order valence-corrected chi connectivity index (χ0v) is 22.6. The van der Waals surface area contributed by atoms with Gasteiger partial charge in [0.25, 0.3) is 6.47 Å². The molecule has 9 heteroatoms. The first-order valence-electron chi connectivity index (χ1n) is 12.7. The van der Waals surface area contributed by atoms with Gasteiger partial charge in [-0.2, -0.15) is 5.26 Å². The molecule has 2 aromatic heterocycles. The van der Waals surface area contributed by atoms with Crippen molar-refractivity contribution in [2.75, 3.05) is 12.4 Å². The Bertz CT molecular complexity index is 1490. The van der Waals surface area contributed by atoms with E-state index in [-0.39, 0.29) is 6.10 Å². The maximum atomic E-state index is 10.0. The van der Waals surface area contributed by atoms with Gasteiger partial charge in [0.15, 0.2) is 0 Å². The van der Waals surface area contributed by atoms with Crippen molar-refractivity contribution in [2.24, 2.45) is 5.92 Å². The van der Waals surface area contributed by atoms with Crippen LogP contribution in [0.15, 0.2) is 54.9 Å². The molecule has 2 saturated carbocycles. The molecule has 0 amide bonds. The molecular weight excluding hydrogens is 497 g/mol. The average molecular weight is 528 g/mol. The van der Waals surface area contributed by atoms with Crippen LogP contribution in [0, 0.1) is 17.2 Å². The molecule has 2 aliphatic rings. The molecule has 6 rings (SSSR count). The molecule has 2 aliphatic carbocycles. The Morgan fingerprint density at radius 2 is 1.92 bits per heavy atom. The van der Waals surface area contributed by atoms with Crippen LogP contribution in [-0.4, -0.2) is 34.2 Å². The van der Waals surface area contributed by atoms with Gasteiger partial charge in [0, 0.05) is 48.2 Å². The molecule has 2 fully saturated rings. The normalized spacial score (nSPS) is 15.1. The van der Waals surface area contributed by atoms with E-state index < -0.39 is 0 Å². The van der Waals surface area contributed by atoms with E-state index in [2.05, 4.69) is 58.1 Å². The molecule has 0 spiro atoms. The average Bonchev–Trinajstić information content (AvgIpc) is 3.86. The van der Waals surface area contributed by atoms with E-state index in [0.29, 0.717) is 35.8 Å². The monoisotopic (exact) mass is 527 g/mol. The van der Waals surface area contributed by atoms with Crippen LogP contribution in [0.3, 0.4) is 0 Å². The van der Waals surface area contributed by atoms with Crippen LogP contribution < -0.4 is 15.4 Å². The van der Waals surface area contributed by atoms with Crippen molar-refractivity contribution in [3.05, 3.63) is 60.4 Å². The number of benzene rings is 2. The van der Waals surface area contributed by atoms with Crippen LogP contribution >= 0.6 is 9.24 Å². The fourth-order valence-corrected chi connectivity index (χ4v) is 5.03. The van der Waals surface area contributed by atoms with Crippen LogP contribution in [-0.2, 0) is 9.53 Å². The largest absolute Gasteiger partial charge is 0.465 e. The molecule has 1 N–H and O–H groups in total. The fraction of sp³-hybridized carbons (Fsp3) is 0.310. The van der Waals surface area contributed by atoms with Gasteiger partial charge in [0.1, 0.15) is 17.9 Å². The first kappa shape index (κ1) is 25.7. The van der Waals surface area contributed by atoms with Crippen molar-refractivity contribution in [2.45, 2.75) is 44.8 Å². The summed E-state index contributed by atoms with van der Waals surface area (Å²) in [6.45, 7) is 2.47. The number of nitrogens with one attached hydrogen (secondary N) is 1. The Hall–Kier alpha value is -3.95. The quantitative estimate of drug-likeness (QED) is 0.235. The predicted octanol–water partition coefficient (Wildman–Crippen LogP) is 5.60. The molecule has 1 unspecified atom stereocenters. The second-order valence-corrected chi connectivity index (χ2v) is 10.2. The van der Waals surface area contributed by atoms with Crippen LogP contribution in [0.5, 0.6) is 11.8 Å². The maximum absolute atomic E-state index is 10.0. The minimum Gasteiger partial charge on any atom is -0.465 e. The van der Waals surface area contributed by atoms with Crippen molar-refractivity contribution in [3.8, 4) is 29.1 Å². The van der Waals surface area contributed by atoms with Gasteiger partial charge in [0.2, 0.25) is 0 Å².